The third-order valence-electron chi connectivity index (χ3n) is 10.3. The van der Waals surface area contributed by atoms with Crippen molar-refractivity contribution in [3.05, 3.63) is 69.8 Å². The molecular formula is C34H42ClNO7S. The van der Waals surface area contributed by atoms with E-state index >= 15 is 0 Å². The van der Waals surface area contributed by atoms with Crippen molar-refractivity contribution in [1.29, 1.82) is 0 Å². The number of aryl methyl sites for hydroxylation is 1. The van der Waals surface area contributed by atoms with E-state index in [0.717, 1.165) is 87.2 Å². The maximum atomic E-state index is 12.0. The van der Waals surface area contributed by atoms with E-state index in [4.69, 9.17) is 25.3 Å². The lowest BCUT2D eigenvalue weighted by Gasteiger charge is -2.47. The van der Waals surface area contributed by atoms with Gasteiger partial charge in [-0.05, 0) is 116 Å². The van der Waals surface area contributed by atoms with Crippen molar-refractivity contribution in [3.8, 4) is 5.75 Å². The first-order chi connectivity index (χ1) is 21.0. The lowest BCUT2D eigenvalue weighted by Crippen LogP contribution is -2.50. The second-order valence-corrected chi connectivity index (χ2v) is 15.2. The molecule has 1 fully saturated rings. The summed E-state index contributed by atoms with van der Waals surface area (Å²) in [6.45, 7) is 2.28. The van der Waals surface area contributed by atoms with Gasteiger partial charge in [0.2, 0.25) is 0 Å². The molecule has 6 rings (SSSR count). The summed E-state index contributed by atoms with van der Waals surface area (Å²) in [5.41, 5.74) is 4.72. The first kappa shape index (κ1) is 31.4. The van der Waals surface area contributed by atoms with Crippen molar-refractivity contribution in [2.75, 3.05) is 44.6 Å². The van der Waals surface area contributed by atoms with Crippen LogP contribution in [0.5, 0.6) is 5.75 Å². The second-order valence-electron chi connectivity index (χ2n) is 13.2. The molecular weight excluding hydrogens is 602 g/mol. The predicted octanol–water partition coefficient (Wildman–Crippen LogP) is 6.26. The molecule has 0 amide bonds. The van der Waals surface area contributed by atoms with Crippen LogP contribution in [0.1, 0.15) is 66.4 Å². The molecule has 5 atom stereocenters. The molecule has 1 heterocycles. The molecule has 0 bridgehead atoms. The third-order valence-corrected chi connectivity index (χ3v) is 11.1. The first-order valence-corrected chi connectivity index (χ1v) is 17.8. The Bertz CT molecular complexity index is 1540. The molecule has 1 saturated carbocycles. The molecule has 8 nitrogen and oxygen atoms in total. The van der Waals surface area contributed by atoms with Crippen LogP contribution >= 0.6 is 11.6 Å². The summed E-state index contributed by atoms with van der Waals surface area (Å²) in [6.07, 6.45) is 11.0. The fraction of sp³-hybridized carbons (Fsp3) is 0.559. The van der Waals surface area contributed by atoms with Gasteiger partial charge in [-0.15, -0.1) is 0 Å². The Labute approximate surface area is 265 Å². The highest BCUT2D eigenvalue weighted by atomic mass is 35.5. The van der Waals surface area contributed by atoms with E-state index in [1.54, 1.807) is 19.2 Å². The van der Waals surface area contributed by atoms with Gasteiger partial charge >= 0.3 is 5.97 Å². The van der Waals surface area contributed by atoms with Gasteiger partial charge in [-0.25, -0.2) is 4.79 Å². The number of nitrogens with zero attached hydrogens (tertiary/aromatic N) is 1. The Hall–Kier alpha value is -2.59. The Morgan fingerprint density at radius 3 is 2.70 bits per heavy atom. The Kier molecular flexibility index (Phi) is 9.03. The van der Waals surface area contributed by atoms with E-state index in [0.29, 0.717) is 18.4 Å². The molecule has 0 saturated heterocycles. The number of fused-ring (bicyclic) bond motifs is 3. The average Bonchev–Trinajstić information content (AvgIpc) is 3.13. The van der Waals surface area contributed by atoms with E-state index in [1.165, 1.54) is 16.7 Å². The van der Waals surface area contributed by atoms with E-state index in [9.17, 15) is 18.3 Å². The highest BCUT2D eigenvalue weighted by Gasteiger charge is 2.45. The standard InChI is InChI=1S/C34H42ClNO7S/c1-41-32(23-7-5-22(6-8-23)19-43-44(2,39)40)28-12-9-26(28)18-36-20-34(15-3-4-24-16-27(35)11-13-29(24)34)21-42-31-14-10-25(33(37)38)17-30(31)36/h7,10-11,13-14,16-17,22,26,28,32H,3-6,8-9,12,15,18-21H2,1-2H3,(H,37,38)/t22-,26-,28+,32-,34?/m0/s1. The molecule has 1 spiro atoms. The summed E-state index contributed by atoms with van der Waals surface area (Å²) in [5, 5.41) is 10.6. The molecule has 44 heavy (non-hydrogen) atoms. The maximum Gasteiger partial charge on any atom is 0.335 e. The molecule has 0 aromatic heterocycles. The number of ether oxygens (including phenoxy) is 2. The number of hydrogen-bond donors (Lipinski definition) is 1. The van der Waals surface area contributed by atoms with Crippen LogP contribution in [0.3, 0.4) is 0 Å². The van der Waals surface area contributed by atoms with Crippen LogP contribution in [0, 0.1) is 17.8 Å². The zero-order valence-electron chi connectivity index (χ0n) is 25.5. The highest BCUT2D eigenvalue weighted by molar-refractivity contribution is 7.85. The Morgan fingerprint density at radius 2 is 2.02 bits per heavy atom. The van der Waals surface area contributed by atoms with Gasteiger partial charge < -0.3 is 19.5 Å². The Balaban J connectivity index is 1.25. The minimum Gasteiger partial charge on any atom is -0.490 e. The monoisotopic (exact) mass is 643 g/mol. The third kappa shape index (κ3) is 6.52. The van der Waals surface area contributed by atoms with E-state index < -0.39 is 16.1 Å². The number of benzene rings is 2. The molecule has 2 aromatic carbocycles. The largest absolute Gasteiger partial charge is 0.490 e. The lowest BCUT2D eigenvalue weighted by molar-refractivity contribution is 0.00284. The first-order valence-electron chi connectivity index (χ1n) is 15.7. The summed E-state index contributed by atoms with van der Waals surface area (Å²) in [7, 11) is -1.66. The number of carboxylic acid groups (broad SMARTS) is 1. The SMILES string of the molecule is CO[C@@H](C1=CC[C@H](COS(C)(=O)=O)CC1)[C@@H]1CC[C@H]1CN1CC2(CCCc3cc(Cl)ccc32)COc2ccc(C(=O)O)cc21. The van der Waals surface area contributed by atoms with Crippen molar-refractivity contribution >= 4 is 33.4 Å². The normalized spacial score (nSPS) is 27.3. The molecule has 1 N–H and O–H groups in total. The van der Waals surface area contributed by atoms with Crippen LogP contribution in [-0.2, 0) is 30.9 Å². The molecule has 4 aliphatic rings. The van der Waals surface area contributed by atoms with Crippen LogP contribution in [0.15, 0.2) is 48.0 Å². The van der Waals surface area contributed by atoms with Gasteiger partial charge in [0.1, 0.15) is 5.75 Å². The van der Waals surface area contributed by atoms with E-state index in [-0.39, 0.29) is 29.6 Å². The quantitative estimate of drug-likeness (QED) is 0.253. The molecule has 1 aliphatic heterocycles. The molecule has 10 heteroatoms. The number of anilines is 1. The number of rotatable bonds is 9. The molecule has 238 valence electrons. The molecule has 0 radical (unpaired) electrons. The van der Waals surface area contributed by atoms with Gasteiger partial charge in [0, 0.05) is 30.6 Å². The van der Waals surface area contributed by atoms with Crippen LogP contribution in [-0.4, -0.2) is 65.3 Å². The van der Waals surface area contributed by atoms with Gasteiger partial charge in [-0.3, -0.25) is 4.18 Å². The number of methoxy groups -OCH3 is 1. The van der Waals surface area contributed by atoms with Gasteiger partial charge in [0.25, 0.3) is 10.1 Å². The summed E-state index contributed by atoms with van der Waals surface area (Å²) in [6, 6.07) is 11.4. The lowest BCUT2D eigenvalue weighted by atomic mass is 9.66. The van der Waals surface area contributed by atoms with Crippen molar-refractivity contribution in [1.82, 2.24) is 0 Å². The summed E-state index contributed by atoms with van der Waals surface area (Å²) in [4.78, 5) is 14.4. The number of hydrogen-bond acceptors (Lipinski definition) is 7. The van der Waals surface area contributed by atoms with Crippen molar-refractivity contribution in [2.24, 2.45) is 17.8 Å². The summed E-state index contributed by atoms with van der Waals surface area (Å²) < 4.78 is 40.6. The smallest absolute Gasteiger partial charge is 0.335 e. The fourth-order valence-electron chi connectivity index (χ4n) is 7.89. The minimum atomic E-state index is -3.45. The van der Waals surface area contributed by atoms with Crippen LogP contribution < -0.4 is 9.64 Å². The Morgan fingerprint density at radius 1 is 1.18 bits per heavy atom. The van der Waals surface area contributed by atoms with Gasteiger partial charge in [-0.2, -0.15) is 8.42 Å². The van der Waals surface area contributed by atoms with Gasteiger partial charge in [0.05, 0.1) is 36.8 Å². The topological polar surface area (TPSA) is 102 Å². The van der Waals surface area contributed by atoms with Crippen molar-refractivity contribution in [2.45, 2.75) is 62.9 Å². The molecule has 3 aliphatic carbocycles. The average molecular weight is 644 g/mol. The summed E-state index contributed by atoms with van der Waals surface area (Å²) in [5.74, 6) is 0.680. The number of allylic oxidation sites excluding steroid dienone is 1. The second kappa shape index (κ2) is 12.7. The zero-order chi connectivity index (χ0) is 31.1. The highest BCUT2D eigenvalue weighted by Crippen LogP contribution is 2.48. The van der Waals surface area contributed by atoms with Gasteiger partial charge in [-0.1, -0.05) is 23.7 Å². The number of aromatic carboxylic acids is 1. The van der Waals surface area contributed by atoms with E-state index in [1.807, 2.05) is 12.1 Å². The predicted molar refractivity (Wildman–Crippen MR) is 170 cm³/mol. The van der Waals surface area contributed by atoms with Crippen LogP contribution in [0.2, 0.25) is 5.02 Å². The number of halogens is 1. The van der Waals surface area contributed by atoms with Crippen LogP contribution in [0.4, 0.5) is 5.69 Å². The fourth-order valence-corrected chi connectivity index (χ4v) is 8.52. The van der Waals surface area contributed by atoms with Gasteiger partial charge in [0.15, 0.2) is 0 Å². The minimum absolute atomic E-state index is 0.00471. The van der Waals surface area contributed by atoms with Crippen LogP contribution in [0.25, 0.3) is 0 Å². The van der Waals surface area contributed by atoms with E-state index in [2.05, 4.69) is 23.1 Å². The summed E-state index contributed by atoms with van der Waals surface area (Å²) >= 11 is 6.40. The number of carbonyl (C=O) groups is 1. The van der Waals surface area contributed by atoms with Crippen molar-refractivity contribution < 1.29 is 32.0 Å². The molecule has 1 unspecified atom stereocenters. The maximum absolute atomic E-state index is 12.0. The number of carboxylic acids is 1. The molecule has 2 aromatic rings. The van der Waals surface area contributed by atoms with Crippen molar-refractivity contribution in [3.63, 3.8) is 0 Å². The zero-order valence-corrected chi connectivity index (χ0v) is 27.0.